The normalized spacial score (nSPS) is 21.5. The molecule has 0 atom stereocenters. The van der Waals surface area contributed by atoms with Crippen LogP contribution in [0.25, 0.3) is 0 Å². The van der Waals surface area contributed by atoms with Crippen molar-refractivity contribution in [2.45, 2.75) is 19.4 Å². The Morgan fingerprint density at radius 2 is 2.11 bits per heavy atom. The van der Waals surface area contributed by atoms with Gasteiger partial charge < -0.3 is 14.6 Å². The molecule has 100 valence electrons. The summed E-state index contributed by atoms with van der Waals surface area (Å²) in [6, 6.07) is 0.784. The number of hydrogen-bond acceptors (Lipinski definition) is 5. The quantitative estimate of drug-likeness (QED) is 0.842. The molecule has 18 heavy (non-hydrogen) atoms. The highest BCUT2D eigenvalue weighted by molar-refractivity contribution is 5.27. The van der Waals surface area contributed by atoms with Crippen LogP contribution < -0.4 is 10.2 Å². The van der Waals surface area contributed by atoms with Crippen LogP contribution >= 0.6 is 0 Å². The molecule has 2 fully saturated rings. The third-order valence-corrected chi connectivity index (χ3v) is 3.75. The van der Waals surface area contributed by atoms with Gasteiger partial charge in [-0.2, -0.15) is 4.98 Å². The van der Waals surface area contributed by atoms with Crippen LogP contribution in [0.1, 0.15) is 18.5 Å². The first-order chi connectivity index (χ1) is 8.85. The largest absolute Gasteiger partial charge is 0.432 e. The smallest absolute Gasteiger partial charge is 0.297 e. The van der Waals surface area contributed by atoms with Crippen LogP contribution in [-0.4, -0.2) is 49.7 Å². The second-order valence-corrected chi connectivity index (χ2v) is 5.38. The molecule has 2 heterocycles. The highest BCUT2D eigenvalue weighted by atomic mass is 16.4. The Morgan fingerprint density at radius 3 is 2.78 bits per heavy atom. The van der Waals surface area contributed by atoms with Gasteiger partial charge in [0.2, 0.25) is 0 Å². The summed E-state index contributed by atoms with van der Waals surface area (Å²) in [5, 5.41) is 3.09. The van der Waals surface area contributed by atoms with Gasteiger partial charge in [0.1, 0.15) is 6.26 Å². The van der Waals surface area contributed by atoms with Gasteiger partial charge in [0.25, 0.3) is 6.01 Å². The van der Waals surface area contributed by atoms with Gasteiger partial charge in [-0.15, -0.1) is 0 Å². The second kappa shape index (κ2) is 5.28. The van der Waals surface area contributed by atoms with Gasteiger partial charge in [0.15, 0.2) is 0 Å². The first kappa shape index (κ1) is 12.0. The molecule has 0 bridgehead atoms. The lowest BCUT2D eigenvalue weighted by atomic mass is 10.3. The number of piperazine rings is 1. The first-order valence-electron chi connectivity index (χ1n) is 6.91. The van der Waals surface area contributed by atoms with E-state index < -0.39 is 0 Å². The Balaban J connectivity index is 1.51. The summed E-state index contributed by atoms with van der Waals surface area (Å²) < 4.78 is 5.54. The lowest BCUT2D eigenvalue weighted by molar-refractivity contribution is 0.243. The van der Waals surface area contributed by atoms with Crippen LogP contribution in [0, 0.1) is 5.92 Å². The Kier molecular flexibility index (Phi) is 3.52. The van der Waals surface area contributed by atoms with E-state index in [2.05, 4.69) is 20.1 Å². The first-order valence-corrected chi connectivity index (χ1v) is 6.91. The minimum atomic E-state index is 0.769. The van der Waals surface area contributed by atoms with Crippen molar-refractivity contribution in [3.05, 3.63) is 12.0 Å². The lowest BCUT2D eigenvalue weighted by Crippen LogP contribution is -2.47. The summed E-state index contributed by atoms with van der Waals surface area (Å²) in [4.78, 5) is 9.33. The zero-order valence-corrected chi connectivity index (χ0v) is 11.1. The fraction of sp³-hybridized carbons (Fsp3) is 0.769. The third kappa shape index (κ3) is 2.84. The Morgan fingerprint density at radius 1 is 1.33 bits per heavy atom. The number of rotatable bonds is 5. The van der Waals surface area contributed by atoms with E-state index in [1.165, 1.54) is 19.4 Å². The Labute approximate surface area is 108 Å². The SMILES string of the molecule is CNCc1coc(N2CCN(CC3CC3)CC2)n1. The second-order valence-electron chi connectivity index (χ2n) is 5.38. The Bertz CT molecular complexity index is 380. The van der Waals surface area contributed by atoms with E-state index >= 15 is 0 Å². The van der Waals surface area contributed by atoms with Gasteiger partial charge in [-0.05, 0) is 25.8 Å². The van der Waals surface area contributed by atoms with E-state index in [0.29, 0.717) is 0 Å². The van der Waals surface area contributed by atoms with E-state index in [4.69, 9.17) is 4.42 Å². The maximum atomic E-state index is 5.54. The zero-order valence-electron chi connectivity index (χ0n) is 11.1. The molecule has 0 unspecified atom stereocenters. The van der Waals surface area contributed by atoms with Crippen molar-refractivity contribution in [2.24, 2.45) is 5.92 Å². The highest BCUT2D eigenvalue weighted by Gasteiger charge is 2.27. The van der Waals surface area contributed by atoms with Gasteiger partial charge in [-0.3, -0.25) is 4.90 Å². The molecule has 1 aliphatic heterocycles. The molecule has 0 radical (unpaired) electrons. The molecule has 0 spiro atoms. The van der Waals surface area contributed by atoms with E-state index in [9.17, 15) is 0 Å². The predicted octanol–water partition coefficient (Wildman–Crippen LogP) is 0.926. The van der Waals surface area contributed by atoms with Crippen molar-refractivity contribution in [1.82, 2.24) is 15.2 Å². The third-order valence-electron chi connectivity index (χ3n) is 3.75. The minimum Gasteiger partial charge on any atom is -0.432 e. The van der Waals surface area contributed by atoms with Crippen LogP contribution in [-0.2, 0) is 6.54 Å². The predicted molar refractivity (Wildman–Crippen MR) is 70.6 cm³/mol. The number of aromatic nitrogens is 1. The van der Waals surface area contributed by atoms with Crippen molar-refractivity contribution in [1.29, 1.82) is 0 Å². The molecule has 5 nitrogen and oxygen atoms in total. The zero-order chi connectivity index (χ0) is 12.4. The monoisotopic (exact) mass is 250 g/mol. The molecule has 1 aromatic heterocycles. The minimum absolute atomic E-state index is 0.769. The molecule has 2 aliphatic rings. The van der Waals surface area contributed by atoms with Gasteiger partial charge in [0, 0.05) is 39.3 Å². The number of hydrogen-bond donors (Lipinski definition) is 1. The lowest BCUT2D eigenvalue weighted by Gasteiger charge is -2.33. The average Bonchev–Trinajstić information content (AvgIpc) is 3.07. The molecule has 5 heteroatoms. The summed E-state index contributed by atoms with van der Waals surface area (Å²) in [6.07, 6.45) is 4.63. The fourth-order valence-corrected chi connectivity index (χ4v) is 2.49. The topological polar surface area (TPSA) is 44.5 Å². The molecule has 1 N–H and O–H groups in total. The molecule has 1 aromatic rings. The average molecular weight is 250 g/mol. The Hall–Kier alpha value is -1.07. The van der Waals surface area contributed by atoms with Crippen LogP contribution in [0.3, 0.4) is 0 Å². The number of nitrogens with zero attached hydrogens (tertiary/aromatic N) is 3. The van der Waals surface area contributed by atoms with E-state index in [1.807, 2.05) is 7.05 Å². The molecule has 3 rings (SSSR count). The van der Waals surface area contributed by atoms with Gasteiger partial charge >= 0.3 is 0 Å². The summed E-state index contributed by atoms with van der Waals surface area (Å²) >= 11 is 0. The number of nitrogens with one attached hydrogen (secondary N) is 1. The van der Waals surface area contributed by atoms with Crippen LogP contribution in [0.4, 0.5) is 6.01 Å². The molecule has 0 amide bonds. The van der Waals surface area contributed by atoms with Crippen LogP contribution in [0.5, 0.6) is 0 Å². The molecular formula is C13H22N4O. The van der Waals surface area contributed by atoms with Gasteiger partial charge in [0.05, 0.1) is 5.69 Å². The summed E-state index contributed by atoms with van der Waals surface area (Å²) in [6.45, 7) is 6.41. The van der Waals surface area contributed by atoms with Crippen molar-refractivity contribution >= 4 is 6.01 Å². The van der Waals surface area contributed by atoms with E-state index in [-0.39, 0.29) is 0 Å². The molecule has 1 saturated carbocycles. The van der Waals surface area contributed by atoms with E-state index in [0.717, 1.165) is 50.4 Å². The summed E-state index contributed by atoms with van der Waals surface area (Å²) in [5.74, 6) is 0.987. The highest BCUT2D eigenvalue weighted by Crippen LogP contribution is 2.30. The van der Waals surface area contributed by atoms with Gasteiger partial charge in [-0.1, -0.05) is 0 Å². The van der Waals surface area contributed by atoms with Crippen LogP contribution in [0.15, 0.2) is 10.7 Å². The maximum absolute atomic E-state index is 5.54. The fourth-order valence-electron chi connectivity index (χ4n) is 2.49. The van der Waals surface area contributed by atoms with Crippen LogP contribution in [0.2, 0.25) is 0 Å². The number of anilines is 1. The summed E-state index contributed by atoms with van der Waals surface area (Å²) in [5.41, 5.74) is 0.980. The van der Waals surface area contributed by atoms with Crippen molar-refractivity contribution < 1.29 is 4.42 Å². The molecule has 1 saturated heterocycles. The number of oxazole rings is 1. The molecule has 0 aromatic carbocycles. The maximum Gasteiger partial charge on any atom is 0.297 e. The standard InChI is InChI=1S/C13H22N4O/c1-14-8-12-10-18-13(15-12)17-6-4-16(5-7-17)9-11-2-3-11/h10-11,14H,2-9H2,1H3. The van der Waals surface area contributed by atoms with Gasteiger partial charge in [-0.25, -0.2) is 0 Å². The van der Waals surface area contributed by atoms with Crippen molar-refractivity contribution in [3.8, 4) is 0 Å². The van der Waals surface area contributed by atoms with E-state index in [1.54, 1.807) is 6.26 Å². The molecular weight excluding hydrogens is 228 g/mol. The van der Waals surface area contributed by atoms with Crippen molar-refractivity contribution in [2.75, 3.05) is 44.7 Å². The van der Waals surface area contributed by atoms with Crippen molar-refractivity contribution in [3.63, 3.8) is 0 Å². The molecule has 1 aliphatic carbocycles. The summed E-state index contributed by atoms with van der Waals surface area (Å²) in [7, 11) is 1.92.